The van der Waals surface area contributed by atoms with E-state index in [1.54, 1.807) is 31.4 Å². The molecule has 3 N–H and O–H groups in total. The normalized spacial score (nSPS) is 15.9. The Labute approximate surface area is 117 Å². The van der Waals surface area contributed by atoms with Crippen LogP contribution in [0.3, 0.4) is 0 Å². The van der Waals surface area contributed by atoms with E-state index in [0.29, 0.717) is 29.3 Å². The molecule has 0 spiro atoms. The van der Waals surface area contributed by atoms with Gasteiger partial charge in [-0.25, -0.2) is 0 Å². The Hall–Kier alpha value is -2.40. The Morgan fingerprint density at radius 2 is 2.05 bits per heavy atom. The van der Waals surface area contributed by atoms with Crippen LogP contribution in [0.4, 0.5) is 5.69 Å². The van der Waals surface area contributed by atoms with Gasteiger partial charge in [0.15, 0.2) is 0 Å². The Bertz CT molecular complexity index is 616. The van der Waals surface area contributed by atoms with E-state index in [9.17, 15) is 5.11 Å². The molecule has 1 aliphatic carbocycles. The number of hydrogen-bond acceptors (Lipinski definition) is 5. The molecule has 1 aromatic rings. The zero-order chi connectivity index (χ0) is 14.5. The molecule has 20 heavy (non-hydrogen) atoms. The van der Waals surface area contributed by atoms with Gasteiger partial charge in [0.2, 0.25) is 0 Å². The lowest BCUT2D eigenvalue weighted by Gasteiger charge is -2.11. The molecule has 0 bridgehead atoms. The molecule has 2 rings (SSSR count). The molecule has 1 aromatic carbocycles. The first-order valence-corrected chi connectivity index (χ1v) is 6.20. The number of allylic oxidation sites excluding steroid dienone is 4. The van der Waals surface area contributed by atoms with Crippen molar-refractivity contribution in [3.8, 4) is 5.75 Å². The maximum atomic E-state index is 10.1. The first-order valence-electron chi connectivity index (χ1n) is 6.20. The molecular formula is C15H17N3O2. The van der Waals surface area contributed by atoms with Crippen molar-refractivity contribution < 1.29 is 9.84 Å². The van der Waals surface area contributed by atoms with Crippen LogP contribution < -0.4 is 5.43 Å². The van der Waals surface area contributed by atoms with Gasteiger partial charge in [-0.2, -0.15) is 5.10 Å². The fourth-order valence-electron chi connectivity index (χ4n) is 1.90. The molecular weight excluding hydrogens is 254 g/mol. The number of aryl methyl sites for hydroxylation is 1. The summed E-state index contributed by atoms with van der Waals surface area (Å²) < 4.78 is 5.05. The minimum atomic E-state index is 0.115. The highest BCUT2D eigenvalue weighted by Gasteiger charge is 2.09. The smallest absolute Gasteiger partial charge is 0.146 e. The van der Waals surface area contributed by atoms with E-state index in [-0.39, 0.29) is 5.75 Å². The van der Waals surface area contributed by atoms with Crippen molar-refractivity contribution in [2.75, 3.05) is 12.5 Å². The average molecular weight is 271 g/mol. The second kappa shape index (κ2) is 6.16. The predicted octanol–water partition coefficient (Wildman–Crippen LogP) is 2.76. The Morgan fingerprint density at radius 3 is 2.75 bits per heavy atom. The summed E-state index contributed by atoms with van der Waals surface area (Å²) in [4.78, 5) is 0. The Kier molecular flexibility index (Phi) is 4.32. The monoisotopic (exact) mass is 271 g/mol. The number of hydrogen-bond donors (Lipinski definition) is 3. The predicted molar refractivity (Wildman–Crippen MR) is 80.6 cm³/mol. The second-order valence-corrected chi connectivity index (χ2v) is 4.49. The Balaban J connectivity index is 2.25. The topological polar surface area (TPSA) is 77.7 Å². The summed E-state index contributed by atoms with van der Waals surface area (Å²) in [5.74, 6) is 0.115. The summed E-state index contributed by atoms with van der Waals surface area (Å²) >= 11 is 0. The van der Waals surface area contributed by atoms with Crippen molar-refractivity contribution in [3.05, 3.63) is 47.6 Å². The molecule has 0 radical (unpaired) electrons. The first kappa shape index (κ1) is 14.0. The van der Waals surface area contributed by atoms with Crippen LogP contribution in [0.2, 0.25) is 0 Å². The molecule has 5 nitrogen and oxygen atoms in total. The first-order chi connectivity index (χ1) is 9.61. The van der Waals surface area contributed by atoms with Gasteiger partial charge in [0.1, 0.15) is 11.5 Å². The van der Waals surface area contributed by atoms with Crippen LogP contribution in [0.15, 0.2) is 41.5 Å². The van der Waals surface area contributed by atoms with E-state index in [1.165, 1.54) is 0 Å². The quantitative estimate of drug-likeness (QED) is 0.447. The highest BCUT2D eigenvalue weighted by atomic mass is 16.5. The third kappa shape index (κ3) is 3.13. The Morgan fingerprint density at radius 1 is 1.30 bits per heavy atom. The number of ether oxygens (including phenoxy) is 1. The summed E-state index contributed by atoms with van der Waals surface area (Å²) in [6.07, 6.45) is 6.98. The zero-order valence-corrected chi connectivity index (χ0v) is 11.5. The summed E-state index contributed by atoms with van der Waals surface area (Å²) in [5.41, 5.74) is 5.84. The van der Waals surface area contributed by atoms with Gasteiger partial charge in [0.25, 0.3) is 0 Å². The molecule has 0 saturated carbocycles. The van der Waals surface area contributed by atoms with Crippen molar-refractivity contribution in [2.45, 2.75) is 13.5 Å². The zero-order valence-electron chi connectivity index (χ0n) is 11.5. The molecule has 0 amide bonds. The van der Waals surface area contributed by atoms with Gasteiger partial charge in [0, 0.05) is 12.7 Å². The van der Waals surface area contributed by atoms with Gasteiger partial charge in [-0.15, -0.1) is 0 Å². The summed E-state index contributed by atoms with van der Waals surface area (Å²) in [5, 5.41) is 22.0. The highest BCUT2D eigenvalue weighted by molar-refractivity contribution is 6.50. The van der Waals surface area contributed by atoms with Crippen LogP contribution >= 0.6 is 0 Å². The molecule has 104 valence electrons. The van der Waals surface area contributed by atoms with Crippen LogP contribution in [0, 0.1) is 12.3 Å². The summed E-state index contributed by atoms with van der Waals surface area (Å²) in [6.45, 7) is 2.26. The van der Waals surface area contributed by atoms with Gasteiger partial charge in [0.05, 0.1) is 18.0 Å². The standard InChI is InChI=1S/C15H17N3O2/c1-10-7-11(9-20-2)15(19)14(8-10)18-17-13-6-4-3-5-12(13)16/h3-8,16,18-19H,9H2,1-2H3/b16-12?,17-13-. The number of methoxy groups -OCH3 is 1. The van der Waals surface area contributed by atoms with Gasteiger partial charge in [-0.1, -0.05) is 12.2 Å². The number of nitrogens with zero attached hydrogens (tertiary/aromatic N) is 1. The second-order valence-electron chi connectivity index (χ2n) is 4.49. The van der Waals surface area contributed by atoms with Crippen molar-refractivity contribution in [1.82, 2.24) is 0 Å². The number of aromatic hydroxyl groups is 1. The van der Waals surface area contributed by atoms with Crippen LogP contribution in [0.25, 0.3) is 0 Å². The molecule has 0 fully saturated rings. The number of benzene rings is 1. The fourth-order valence-corrected chi connectivity index (χ4v) is 1.90. The van der Waals surface area contributed by atoms with E-state index in [2.05, 4.69) is 10.5 Å². The van der Waals surface area contributed by atoms with Gasteiger partial charge in [-0.05, 0) is 36.8 Å². The molecule has 1 aliphatic rings. The van der Waals surface area contributed by atoms with Crippen molar-refractivity contribution in [1.29, 1.82) is 5.41 Å². The van der Waals surface area contributed by atoms with Crippen molar-refractivity contribution in [2.24, 2.45) is 5.10 Å². The number of hydrazone groups is 1. The third-order valence-electron chi connectivity index (χ3n) is 2.83. The number of phenolic OH excluding ortho intramolecular Hbond substituents is 1. The lowest BCUT2D eigenvalue weighted by Crippen LogP contribution is -2.12. The largest absolute Gasteiger partial charge is 0.505 e. The molecule has 0 heterocycles. The van der Waals surface area contributed by atoms with Crippen molar-refractivity contribution >= 4 is 17.1 Å². The van der Waals surface area contributed by atoms with E-state index in [4.69, 9.17) is 10.1 Å². The van der Waals surface area contributed by atoms with Crippen LogP contribution in [-0.2, 0) is 11.3 Å². The van der Waals surface area contributed by atoms with Gasteiger partial charge >= 0.3 is 0 Å². The van der Waals surface area contributed by atoms with Crippen molar-refractivity contribution in [3.63, 3.8) is 0 Å². The molecule has 0 atom stereocenters. The van der Waals surface area contributed by atoms with Crippen LogP contribution in [0.1, 0.15) is 11.1 Å². The van der Waals surface area contributed by atoms with E-state index >= 15 is 0 Å². The third-order valence-corrected chi connectivity index (χ3v) is 2.83. The average Bonchev–Trinajstić information content (AvgIpc) is 2.42. The molecule has 0 aliphatic heterocycles. The maximum absolute atomic E-state index is 10.1. The maximum Gasteiger partial charge on any atom is 0.146 e. The van der Waals surface area contributed by atoms with E-state index in [1.807, 2.05) is 19.1 Å². The van der Waals surface area contributed by atoms with Crippen LogP contribution in [0.5, 0.6) is 5.75 Å². The summed E-state index contributed by atoms with van der Waals surface area (Å²) in [7, 11) is 1.58. The minimum absolute atomic E-state index is 0.115. The minimum Gasteiger partial charge on any atom is -0.505 e. The highest BCUT2D eigenvalue weighted by Crippen LogP contribution is 2.30. The van der Waals surface area contributed by atoms with Gasteiger partial charge in [-0.3, -0.25) is 10.8 Å². The lowest BCUT2D eigenvalue weighted by atomic mass is 10.1. The van der Waals surface area contributed by atoms with Gasteiger partial charge < -0.3 is 9.84 Å². The lowest BCUT2D eigenvalue weighted by molar-refractivity contribution is 0.182. The van der Waals surface area contributed by atoms with E-state index < -0.39 is 0 Å². The number of rotatable bonds is 4. The molecule has 0 saturated heterocycles. The number of phenols is 1. The fraction of sp³-hybridized carbons (Fsp3) is 0.200. The molecule has 5 heteroatoms. The molecule has 0 unspecified atom stereocenters. The SMILES string of the molecule is COCc1cc(C)cc(N/N=C2/C=CC=CC2=N)c1O. The van der Waals surface area contributed by atoms with Crippen LogP contribution in [-0.4, -0.2) is 23.6 Å². The number of anilines is 1. The molecule has 0 aromatic heterocycles. The summed E-state index contributed by atoms with van der Waals surface area (Å²) in [6, 6.07) is 3.66. The van der Waals surface area contributed by atoms with E-state index in [0.717, 1.165) is 5.56 Å². The number of nitrogens with one attached hydrogen (secondary N) is 2.